The van der Waals surface area contributed by atoms with Gasteiger partial charge in [-0.05, 0) is 97.8 Å². The molecule has 1 aromatic heterocycles. The van der Waals surface area contributed by atoms with Crippen molar-refractivity contribution < 1.29 is 16.5 Å². The first-order valence-corrected chi connectivity index (χ1v) is 16.1. The number of hydrogen-bond acceptors (Lipinski definition) is 5. The molecule has 0 atom stereocenters. The van der Waals surface area contributed by atoms with Crippen LogP contribution in [-0.2, 0) is 13.7 Å². The van der Waals surface area contributed by atoms with Gasteiger partial charge in [0.25, 0.3) is 0 Å². The van der Waals surface area contributed by atoms with Gasteiger partial charge in [-0.15, -0.1) is 0 Å². The highest BCUT2D eigenvalue weighted by atomic mass is 32.3. The molecule has 41 heavy (non-hydrogen) atoms. The van der Waals surface area contributed by atoms with Crippen molar-refractivity contribution in [2.45, 2.75) is 40.4 Å². The first-order valence-electron chi connectivity index (χ1n) is 13.1. The van der Waals surface area contributed by atoms with Crippen molar-refractivity contribution >= 4 is 42.4 Å². The smallest absolute Gasteiger partial charge is 0.307 e. The molecule has 6 rings (SSSR count). The number of aryl methyl sites for hydroxylation is 3. The molecule has 0 bridgehead atoms. The lowest BCUT2D eigenvalue weighted by Gasteiger charge is -2.39. The molecule has 1 heterocycles. The van der Waals surface area contributed by atoms with Gasteiger partial charge in [-0.3, -0.25) is 4.79 Å². The van der Waals surface area contributed by atoms with Gasteiger partial charge in [-0.25, -0.2) is 3.63 Å². The molecule has 0 radical (unpaired) electrons. The van der Waals surface area contributed by atoms with Gasteiger partial charge in [-0.2, -0.15) is 8.42 Å². The van der Waals surface area contributed by atoms with Crippen LogP contribution in [0.1, 0.15) is 16.7 Å². The lowest BCUT2D eigenvalue weighted by molar-refractivity contribution is 0.508. The Bertz CT molecular complexity index is 2020. The summed E-state index contributed by atoms with van der Waals surface area (Å²) in [5.41, 5.74) is 3.71. The molecule has 5 nitrogen and oxygen atoms in total. The summed E-state index contributed by atoms with van der Waals surface area (Å²) in [5.74, 6) is 0. The molecule has 5 aromatic carbocycles. The lowest BCUT2D eigenvalue weighted by atomic mass is 10.1. The van der Waals surface area contributed by atoms with E-state index in [0.717, 1.165) is 16.7 Å². The van der Waals surface area contributed by atoms with Crippen LogP contribution in [0.4, 0.5) is 0 Å². The van der Waals surface area contributed by atoms with E-state index in [2.05, 4.69) is 0 Å². The van der Waals surface area contributed by atoms with E-state index in [-0.39, 0.29) is 10.3 Å². The Morgan fingerprint density at radius 3 is 1.56 bits per heavy atom. The fraction of sp³-hybridized carbons (Fsp3) is 0.0882. The highest BCUT2D eigenvalue weighted by Crippen LogP contribution is 2.70. The Hall–Kier alpha value is -4.17. The van der Waals surface area contributed by atoms with Gasteiger partial charge in [0.1, 0.15) is 11.2 Å². The molecule has 0 saturated carbocycles. The van der Waals surface area contributed by atoms with Crippen LogP contribution >= 0.6 is 10.3 Å². The predicted molar refractivity (Wildman–Crippen MR) is 164 cm³/mol. The van der Waals surface area contributed by atoms with E-state index in [9.17, 15) is 13.2 Å². The van der Waals surface area contributed by atoms with E-state index in [1.807, 2.05) is 75.4 Å². The zero-order valence-electron chi connectivity index (χ0n) is 22.8. The predicted octanol–water partition coefficient (Wildman–Crippen LogP) is 8.47. The van der Waals surface area contributed by atoms with Gasteiger partial charge in [-0.1, -0.05) is 65.2 Å². The maximum atomic E-state index is 14.0. The van der Waals surface area contributed by atoms with Crippen LogP contribution in [0.3, 0.4) is 0 Å². The maximum Gasteiger partial charge on any atom is 0.307 e. The molecular weight excluding hydrogens is 553 g/mol. The van der Waals surface area contributed by atoms with Crippen LogP contribution < -0.4 is 5.43 Å². The fourth-order valence-electron chi connectivity index (χ4n) is 4.83. The van der Waals surface area contributed by atoms with E-state index in [0.29, 0.717) is 36.6 Å². The average molecular weight is 581 g/mol. The second kappa shape index (κ2) is 10.3. The first-order chi connectivity index (χ1) is 19.7. The van der Waals surface area contributed by atoms with Gasteiger partial charge in [0, 0.05) is 14.7 Å². The Labute approximate surface area is 240 Å². The molecule has 0 N–H and O–H groups in total. The lowest BCUT2D eigenvalue weighted by Crippen LogP contribution is -2.15. The minimum Gasteiger partial charge on any atom is -0.456 e. The van der Waals surface area contributed by atoms with Crippen LogP contribution in [0, 0.1) is 20.8 Å². The van der Waals surface area contributed by atoms with Crippen molar-refractivity contribution in [3.05, 3.63) is 142 Å². The van der Waals surface area contributed by atoms with Crippen LogP contribution in [0.2, 0.25) is 0 Å². The molecule has 0 aliphatic carbocycles. The van der Waals surface area contributed by atoms with Crippen LogP contribution in [0.15, 0.2) is 144 Å². The third kappa shape index (κ3) is 4.86. The molecular formula is C34H28O5S2. The summed E-state index contributed by atoms with van der Waals surface area (Å²) < 4.78 is 40.6. The second-order valence-electron chi connectivity index (χ2n) is 10.1. The van der Waals surface area contributed by atoms with Crippen LogP contribution in [0.5, 0.6) is 0 Å². The van der Waals surface area contributed by atoms with Gasteiger partial charge >= 0.3 is 10.1 Å². The maximum absolute atomic E-state index is 14.0. The van der Waals surface area contributed by atoms with Crippen LogP contribution in [-0.4, -0.2) is 8.42 Å². The summed E-state index contributed by atoms with van der Waals surface area (Å²) >= 11 is 0. The van der Waals surface area contributed by atoms with Crippen molar-refractivity contribution in [3.8, 4) is 0 Å². The molecule has 206 valence electrons. The van der Waals surface area contributed by atoms with E-state index in [1.165, 1.54) is 0 Å². The summed E-state index contributed by atoms with van der Waals surface area (Å²) in [7, 11) is -7.17. The normalized spacial score (nSPS) is 12.6. The van der Waals surface area contributed by atoms with Crippen molar-refractivity contribution in [2.75, 3.05) is 0 Å². The second-order valence-corrected chi connectivity index (χ2v) is 14.6. The van der Waals surface area contributed by atoms with E-state index in [4.69, 9.17) is 8.05 Å². The largest absolute Gasteiger partial charge is 0.456 e. The highest BCUT2D eigenvalue weighted by molar-refractivity contribution is 8.33. The molecule has 6 aromatic rings. The van der Waals surface area contributed by atoms with Gasteiger partial charge < -0.3 is 4.42 Å². The van der Waals surface area contributed by atoms with Crippen molar-refractivity contribution in [2.24, 2.45) is 0 Å². The zero-order chi connectivity index (χ0) is 28.8. The fourth-order valence-corrected chi connectivity index (χ4v) is 10.0. The highest BCUT2D eigenvalue weighted by Gasteiger charge is 2.38. The summed E-state index contributed by atoms with van der Waals surface area (Å²) in [4.78, 5) is 15.7. The van der Waals surface area contributed by atoms with Crippen molar-refractivity contribution in [1.29, 1.82) is 0 Å². The summed E-state index contributed by atoms with van der Waals surface area (Å²) in [6, 6.07) is 34.3. The molecule has 0 unspecified atom stereocenters. The average Bonchev–Trinajstić information content (AvgIpc) is 2.97. The van der Waals surface area contributed by atoms with Crippen LogP contribution in [0.25, 0.3) is 21.9 Å². The minimum atomic E-state index is -4.26. The Kier molecular flexibility index (Phi) is 6.82. The summed E-state index contributed by atoms with van der Waals surface area (Å²) in [6.45, 7) is 5.85. The zero-order valence-corrected chi connectivity index (χ0v) is 24.5. The number of para-hydroxylation sites is 1. The van der Waals surface area contributed by atoms with Gasteiger partial charge in [0.15, 0.2) is 0 Å². The first kappa shape index (κ1) is 27.0. The Morgan fingerprint density at radius 1 is 0.537 bits per heavy atom. The number of hydrogen-bond donors (Lipinski definition) is 0. The molecule has 0 amide bonds. The Morgan fingerprint density at radius 2 is 1.00 bits per heavy atom. The number of fused-ring (bicyclic) bond motifs is 2. The van der Waals surface area contributed by atoms with Gasteiger partial charge in [0.05, 0.1) is 15.7 Å². The van der Waals surface area contributed by atoms with E-state index >= 15 is 0 Å². The van der Waals surface area contributed by atoms with Gasteiger partial charge in [0.2, 0.25) is 5.43 Å². The quantitative estimate of drug-likeness (QED) is 0.185. The van der Waals surface area contributed by atoms with Crippen molar-refractivity contribution in [3.63, 3.8) is 0 Å². The molecule has 7 heteroatoms. The van der Waals surface area contributed by atoms with E-state index in [1.54, 1.807) is 60.7 Å². The molecule has 0 spiro atoms. The molecule has 0 aliphatic heterocycles. The third-order valence-electron chi connectivity index (χ3n) is 7.09. The monoisotopic (exact) mass is 580 g/mol. The summed E-state index contributed by atoms with van der Waals surface area (Å²) in [6.07, 6.45) is 0. The van der Waals surface area contributed by atoms with E-state index < -0.39 is 20.4 Å². The number of rotatable bonds is 6. The Balaban J connectivity index is 1.69. The standard InChI is InChI=1S/C34H28O5S2/c1-23-8-14-26(15-9-23)40(27-16-10-24(2)11-17-27,39-41(36,37)28-18-12-25(3)13-19-28)29-20-21-33-31(22-29)34(35)30-6-4-5-7-32(30)38-33/h4-22H,1-3H3. The molecule has 0 saturated heterocycles. The third-order valence-corrected chi connectivity index (χ3v) is 12.3. The number of benzene rings is 5. The molecule has 0 fully saturated rings. The minimum absolute atomic E-state index is 0.0606. The molecule has 0 aliphatic rings. The topological polar surface area (TPSA) is 73.6 Å². The van der Waals surface area contributed by atoms with Crippen molar-refractivity contribution in [1.82, 2.24) is 0 Å². The SMILES string of the molecule is Cc1ccc(S(OS(=O)(=O)c2ccc(C)cc2)(c2ccc(C)cc2)c2ccc3oc4ccccc4c(=O)c3c2)cc1. The summed E-state index contributed by atoms with van der Waals surface area (Å²) in [5, 5.41) is 0.810.